The Hall–Kier alpha value is -3.19. The van der Waals surface area contributed by atoms with Gasteiger partial charge in [0.1, 0.15) is 11.4 Å². The lowest BCUT2D eigenvalue weighted by Gasteiger charge is -2.22. The first-order valence-electron chi connectivity index (χ1n) is 9.49. The minimum atomic E-state index is 0.0923. The number of fused-ring (bicyclic) bond motifs is 2. The van der Waals surface area contributed by atoms with E-state index in [4.69, 9.17) is 0 Å². The summed E-state index contributed by atoms with van der Waals surface area (Å²) in [7, 11) is 0. The number of hydrogen-bond donors (Lipinski definition) is 0. The van der Waals surface area contributed by atoms with Gasteiger partial charge in [-0.25, -0.2) is 14.6 Å². The molecule has 5 rings (SSSR count). The van der Waals surface area contributed by atoms with E-state index in [2.05, 4.69) is 28.1 Å². The summed E-state index contributed by atoms with van der Waals surface area (Å²) in [4.78, 5) is 23.7. The molecule has 6 nitrogen and oxygen atoms in total. The minimum absolute atomic E-state index is 0.0923. The van der Waals surface area contributed by atoms with Gasteiger partial charge >= 0.3 is 0 Å². The van der Waals surface area contributed by atoms with Crippen LogP contribution in [0.2, 0.25) is 0 Å². The summed E-state index contributed by atoms with van der Waals surface area (Å²) in [5.41, 5.74) is 3.93. The van der Waals surface area contributed by atoms with Gasteiger partial charge in [-0.2, -0.15) is 5.10 Å². The number of amides is 1. The number of aromatic nitrogens is 4. The molecule has 1 unspecified atom stereocenters. The lowest BCUT2D eigenvalue weighted by Crippen LogP contribution is -2.36. The van der Waals surface area contributed by atoms with Crippen LogP contribution in [0.25, 0.3) is 16.7 Å². The number of para-hydroxylation sites is 2. The Morgan fingerprint density at radius 1 is 1.10 bits per heavy atom. The summed E-state index contributed by atoms with van der Waals surface area (Å²) >= 11 is 1.43. The molecule has 7 heteroatoms. The van der Waals surface area contributed by atoms with E-state index in [1.54, 1.807) is 10.9 Å². The second-order valence-corrected chi connectivity index (χ2v) is 8.01. The van der Waals surface area contributed by atoms with Crippen LogP contribution < -0.4 is 4.90 Å². The summed E-state index contributed by atoms with van der Waals surface area (Å²) < 4.78 is 1.79. The molecule has 0 N–H and O–H groups in total. The summed E-state index contributed by atoms with van der Waals surface area (Å²) in [6.45, 7) is 2.09. The molecule has 1 amide bonds. The molecule has 4 aromatic rings. The van der Waals surface area contributed by atoms with Crippen molar-refractivity contribution in [2.45, 2.75) is 24.4 Å². The Morgan fingerprint density at radius 3 is 2.76 bits per heavy atom. The summed E-state index contributed by atoms with van der Waals surface area (Å²) in [6, 6.07) is 18.2. The van der Waals surface area contributed by atoms with Crippen molar-refractivity contribution in [1.82, 2.24) is 19.7 Å². The lowest BCUT2D eigenvalue weighted by molar-refractivity contribution is -0.116. The van der Waals surface area contributed by atoms with Crippen molar-refractivity contribution in [1.29, 1.82) is 0 Å². The van der Waals surface area contributed by atoms with Gasteiger partial charge in [0.2, 0.25) is 5.91 Å². The average molecular weight is 401 g/mol. The minimum Gasteiger partial charge on any atom is -0.308 e. The molecule has 0 spiro atoms. The Bertz CT molecular complexity index is 1190. The molecule has 1 aliphatic rings. The summed E-state index contributed by atoms with van der Waals surface area (Å²) in [5.74, 6) is 0.413. The highest BCUT2D eigenvalue weighted by Gasteiger charge is 2.30. The second kappa shape index (κ2) is 7.33. The monoisotopic (exact) mass is 401 g/mol. The van der Waals surface area contributed by atoms with Gasteiger partial charge < -0.3 is 4.90 Å². The van der Waals surface area contributed by atoms with Gasteiger partial charge in [-0.15, -0.1) is 0 Å². The van der Waals surface area contributed by atoms with Crippen molar-refractivity contribution in [2.75, 3.05) is 10.7 Å². The van der Waals surface area contributed by atoms with Crippen molar-refractivity contribution < 1.29 is 4.79 Å². The first-order valence-corrected chi connectivity index (χ1v) is 10.5. The molecule has 29 heavy (non-hydrogen) atoms. The highest BCUT2D eigenvalue weighted by atomic mass is 32.2. The van der Waals surface area contributed by atoms with Crippen LogP contribution in [0.15, 0.2) is 72.1 Å². The van der Waals surface area contributed by atoms with E-state index < -0.39 is 0 Å². The van der Waals surface area contributed by atoms with E-state index in [0.717, 1.165) is 33.9 Å². The molecule has 0 aliphatic carbocycles. The van der Waals surface area contributed by atoms with E-state index in [9.17, 15) is 4.79 Å². The van der Waals surface area contributed by atoms with Gasteiger partial charge in [0.15, 0.2) is 5.65 Å². The van der Waals surface area contributed by atoms with Crippen LogP contribution in [0.4, 0.5) is 5.69 Å². The van der Waals surface area contributed by atoms with E-state index in [1.165, 1.54) is 23.7 Å². The maximum Gasteiger partial charge on any atom is 0.237 e. The lowest BCUT2D eigenvalue weighted by atomic mass is 10.1. The van der Waals surface area contributed by atoms with E-state index >= 15 is 0 Å². The molecular weight excluding hydrogens is 382 g/mol. The van der Waals surface area contributed by atoms with E-state index in [1.807, 2.05) is 53.4 Å². The molecular formula is C22H19N5OS. The molecule has 144 valence electrons. The largest absolute Gasteiger partial charge is 0.308 e. The predicted octanol–water partition coefficient (Wildman–Crippen LogP) is 3.89. The third kappa shape index (κ3) is 3.17. The number of hydrogen-bond acceptors (Lipinski definition) is 5. The van der Waals surface area contributed by atoms with Crippen LogP contribution in [0, 0.1) is 0 Å². The zero-order valence-electron chi connectivity index (χ0n) is 15.9. The fraction of sp³-hybridized carbons (Fsp3) is 0.182. The summed E-state index contributed by atoms with van der Waals surface area (Å²) in [5, 5.41) is 6.10. The Labute approximate surface area is 172 Å². The first kappa shape index (κ1) is 17.9. The second-order valence-electron chi connectivity index (χ2n) is 7.04. The van der Waals surface area contributed by atoms with Gasteiger partial charge in [-0.05, 0) is 37.1 Å². The van der Waals surface area contributed by atoms with Crippen LogP contribution >= 0.6 is 11.8 Å². The normalized spacial score (nSPS) is 15.6. The molecule has 2 aromatic carbocycles. The zero-order valence-corrected chi connectivity index (χ0v) is 16.7. The highest BCUT2D eigenvalue weighted by Crippen LogP contribution is 2.33. The third-order valence-corrected chi connectivity index (χ3v) is 6.13. The number of carbonyl (C=O) groups is 1. The molecule has 0 saturated heterocycles. The summed E-state index contributed by atoms with van der Waals surface area (Å²) in [6.07, 6.45) is 4.20. The van der Waals surface area contributed by atoms with Crippen molar-refractivity contribution in [3.8, 4) is 5.69 Å². The number of nitrogens with zero attached hydrogens (tertiary/aromatic N) is 5. The molecule has 0 fully saturated rings. The first-order chi connectivity index (χ1) is 14.2. The van der Waals surface area contributed by atoms with Crippen LogP contribution in [0.3, 0.4) is 0 Å². The predicted molar refractivity (Wildman–Crippen MR) is 114 cm³/mol. The molecule has 1 aliphatic heterocycles. The van der Waals surface area contributed by atoms with Gasteiger partial charge in [0.25, 0.3) is 0 Å². The fourth-order valence-corrected chi connectivity index (χ4v) is 4.66. The number of rotatable bonds is 4. The maximum absolute atomic E-state index is 13.0. The van der Waals surface area contributed by atoms with Crippen LogP contribution in [-0.4, -0.2) is 37.5 Å². The Kier molecular flexibility index (Phi) is 4.52. The number of thioether (sulfide) groups is 1. The Morgan fingerprint density at radius 2 is 1.90 bits per heavy atom. The fourth-order valence-electron chi connectivity index (χ4n) is 3.84. The number of anilines is 1. The smallest absolute Gasteiger partial charge is 0.237 e. The molecule has 0 radical (unpaired) electrons. The van der Waals surface area contributed by atoms with E-state index in [0.29, 0.717) is 5.75 Å². The van der Waals surface area contributed by atoms with Gasteiger partial charge in [-0.1, -0.05) is 48.2 Å². The van der Waals surface area contributed by atoms with Gasteiger partial charge in [0, 0.05) is 11.7 Å². The number of benzene rings is 2. The molecule has 0 saturated carbocycles. The zero-order chi connectivity index (χ0) is 19.8. The van der Waals surface area contributed by atoms with Crippen molar-refractivity contribution in [3.63, 3.8) is 0 Å². The molecule has 1 atom stereocenters. The van der Waals surface area contributed by atoms with Crippen molar-refractivity contribution in [2.24, 2.45) is 0 Å². The molecule has 3 heterocycles. The highest BCUT2D eigenvalue weighted by molar-refractivity contribution is 8.00. The number of carbonyl (C=O) groups excluding carboxylic acids is 1. The van der Waals surface area contributed by atoms with E-state index in [-0.39, 0.29) is 11.9 Å². The standard InChI is InChI=1S/C22H19N5OS/c1-15-11-16-7-5-6-10-19(16)26(15)20(28)13-29-22-18-12-25-27(21(18)23-14-24-22)17-8-3-2-4-9-17/h2-10,12,14-15H,11,13H2,1H3. The van der Waals surface area contributed by atoms with Crippen molar-refractivity contribution >= 4 is 34.4 Å². The molecule has 2 aromatic heterocycles. The van der Waals surface area contributed by atoms with Crippen molar-refractivity contribution in [3.05, 3.63) is 72.7 Å². The van der Waals surface area contributed by atoms with Gasteiger partial charge in [-0.3, -0.25) is 4.79 Å². The quantitative estimate of drug-likeness (QED) is 0.383. The average Bonchev–Trinajstić information content (AvgIpc) is 3.33. The Balaban J connectivity index is 1.39. The van der Waals surface area contributed by atoms with Crippen LogP contribution in [0.1, 0.15) is 12.5 Å². The van der Waals surface area contributed by atoms with Crippen LogP contribution in [-0.2, 0) is 11.2 Å². The topological polar surface area (TPSA) is 63.9 Å². The van der Waals surface area contributed by atoms with Gasteiger partial charge in [0.05, 0.1) is 23.0 Å². The maximum atomic E-state index is 13.0. The SMILES string of the molecule is CC1Cc2ccccc2N1C(=O)CSc1ncnc2c1cnn2-c1ccccc1. The third-order valence-electron chi connectivity index (χ3n) is 5.14. The van der Waals surface area contributed by atoms with Crippen LogP contribution in [0.5, 0.6) is 0 Å². The molecule has 0 bridgehead atoms.